The van der Waals surface area contributed by atoms with Crippen molar-refractivity contribution >= 4 is 22.6 Å². The quantitative estimate of drug-likeness (QED) is 0.802. The minimum absolute atomic E-state index is 0.230. The fourth-order valence-electron chi connectivity index (χ4n) is 3.31. The Hall–Kier alpha value is -1.82. The first kappa shape index (κ1) is 14.8. The Kier molecular flexibility index (Phi) is 3.85. The lowest BCUT2D eigenvalue weighted by Gasteiger charge is -2.35. The second kappa shape index (κ2) is 6.00. The van der Waals surface area contributed by atoms with E-state index in [4.69, 9.17) is 16.0 Å². The molecule has 1 aromatic carbocycles. The Morgan fingerprint density at radius 3 is 3.09 bits per heavy atom. The van der Waals surface area contributed by atoms with Crippen LogP contribution in [0.4, 0.5) is 0 Å². The summed E-state index contributed by atoms with van der Waals surface area (Å²) in [6, 6.07) is 8.24. The number of halogens is 1. The Labute approximate surface area is 139 Å². The first-order valence-corrected chi connectivity index (χ1v) is 8.19. The Morgan fingerprint density at radius 1 is 1.39 bits per heavy atom. The smallest absolute Gasteiger partial charge is 0.199 e. The number of benzene rings is 1. The third-order valence-corrected chi connectivity index (χ3v) is 4.83. The number of furan rings is 1. The van der Waals surface area contributed by atoms with Gasteiger partial charge in [-0.3, -0.25) is 4.90 Å². The molecule has 1 atom stereocenters. The van der Waals surface area contributed by atoms with Gasteiger partial charge in [0.1, 0.15) is 11.4 Å². The molecule has 1 fully saturated rings. The predicted octanol–water partition coefficient (Wildman–Crippen LogP) is 2.97. The van der Waals surface area contributed by atoms with Gasteiger partial charge in [-0.15, -0.1) is 0 Å². The molecule has 1 aliphatic heterocycles. The number of imidazole rings is 1. The van der Waals surface area contributed by atoms with Crippen molar-refractivity contribution in [1.82, 2.24) is 19.8 Å². The van der Waals surface area contributed by atoms with Gasteiger partial charge in [-0.1, -0.05) is 18.2 Å². The number of aryl methyl sites for hydroxylation is 1. The van der Waals surface area contributed by atoms with Crippen molar-refractivity contribution in [3.8, 4) is 0 Å². The van der Waals surface area contributed by atoms with Gasteiger partial charge in [0.15, 0.2) is 5.22 Å². The van der Waals surface area contributed by atoms with Crippen LogP contribution in [0.15, 0.2) is 41.1 Å². The van der Waals surface area contributed by atoms with E-state index in [1.165, 1.54) is 0 Å². The summed E-state index contributed by atoms with van der Waals surface area (Å²) in [6.07, 6.45) is 3.84. The van der Waals surface area contributed by atoms with Crippen LogP contribution in [0.1, 0.15) is 17.4 Å². The molecule has 0 saturated carbocycles. The molecule has 3 heterocycles. The molecular formula is C17H19ClN4O. The van der Waals surface area contributed by atoms with Crippen molar-refractivity contribution in [3.05, 3.63) is 53.3 Å². The summed E-state index contributed by atoms with van der Waals surface area (Å²) in [5.74, 6) is 1.07. The Morgan fingerprint density at radius 2 is 2.26 bits per heavy atom. The lowest BCUT2D eigenvalue weighted by molar-refractivity contribution is 0.145. The first-order valence-electron chi connectivity index (χ1n) is 7.82. The van der Waals surface area contributed by atoms with Gasteiger partial charge >= 0.3 is 0 Å². The van der Waals surface area contributed by atoms with Gasteiger partial charge in [-0.2, -0.15) is 0 Å². The fraction of sp³-hybridized carbons (Fsp3) is 0.353. The van der Waals surface area contributed by atoms with Gasteiger partial charge < -0.3 is 14.3 Å². The topological polar surface area (TPSA) is 46.2 Å². The first-order chi connectivity index (χ1) is 11.2. The molecule has 120 valence electrons. The highest BCUT2D eigenvalue weighted by Gasteiger charge is 2.28. The number of nitrogens with one attached hydrogen (secondary N) is 1. The number of hydrogen-bond acceptors (Lipinski definition) is 4. The molecule has 0 bridgehead atoms. The molecule has 1 aliphatic rings. The molecule has 1 saturated heterocycles. The number of aromatic nitrogens is 2. The summed E-state index contributed by atoms with van der Waals surface area (Å²) in [5.41, 5.74) is 1.90. The monoisotopic (exact) mass is 330 g/mol. The van der Waals surface area contributed by atoms with E-state index in [1.807, 2.05) is 37.6 Å². The summed E-state index contributed by atoms with van der Waals surface area (Å²) in [6.45, 7) is 3.56. The highest BCUT2D eigenvalue weighted by molar-refractivity contribution is 6.30. The zero-order chi connectivity index (χ0) is 15.8. The third kappa shape index (κ3) is 2.65. The van der Waals surface area contributed by atoms with Crippen LogP contribution < -0.4 is 5.32 Å². The van der Waals surface area contributed by atoms with E-state index >= 15 is 0 Å². The summed E-state index contributed by atoms with van der Waals surface area (Å²) in [4.78, 5) is 6.95. The van der Waals surface area contributed by atoms with Crippen LogP contribution in [0.5, 0.6) is 0 Å². The number of fused-ring (bicyclic) bond motifs is 1. The summed E-state index contributed by atoms with van der Waals surface area (Å²) >= 11 is 6.36. The van der Waals surface area contributed by atoms with Crippen LogP contribution in [0.25, 0.3) is 11.0 Å². The van der Waals surface area contributed by atoms with Crippen molar-refractivity contribution in [1.29, 1.82) is 0 Å². The zero-order valence-electron chi connectivity index (χ0n) is 13.0. The van der Waals surface area contributed by atoms with Crippen molar-refractivity contribution in [2.24, 2.45) is 7.05 Å². The molecule has 1 N–H and O–H groups in total. The van der Waals surface area contributed by atoms with Crippen LogP contribution in [0.2, 0.25) is 5.22 Å². The lowest BCUT2D eigenvalue weighted by Crippen LogP contribution is -2.46. The molecule has 4 rings (SSSR count). The van der Waals surface area contributed by atoms with Crippen LogP contribution in [-0.2, 0) is 13.6 Å². The number of hydrogen-bond donors (Lipinski definition) is 1. The maximum Gasteiger partial charge on any atom is 0.199 e. The Bertz CT molecular complexity index is 825. The summed E-state index contributed by atoms with van der Waals surface area (Å²) in [7, 11) is 2.04. The van der Waals surface area contributed by atoms with Crippen LogP contribution >= 0.6 is 11.6 Å². The second-order valence-electron chi connectivity index (χ2n) is 5.94. The molecule has 0 radical (unpaired) electrons. The normalized spacial score (nSPS) is 19.5. The summed E-state index contributed by atoms with van der Waals surface area (Å²) in [5, 5.41) is 5.04. The molecule has 0 spiro atoms. The Balaban J connectivity index is 1.68. The van der Waals surface area contributed by atoms with E-state index in [0.717, 1.165) is 48.5 Å². The van der Waals surface area contributed by atoms with Gasteiger partial charge in [0.05, 0.1) is 6.04 Å². The average molecular weight is 331 g/mol. The van der Waals surface area contributed by atoms with Crippen LogP contribution in [0, 0.1) is 0 Å². The highest BCUT2D eigenvalue weighted by Crippen LogP contribution is 2.32. The number of nitrogens with zero attached hydrogens (tertiary/aromatic N) is 3. The van der Waals surface area contributed by atoms with Gasteiger partial charge in [0, 0.05) is 56.6 Å². The van der Waals surface area contributed by atoms with Gasteiger partial charge in [-0.05, 0) is 17.7 Å². The van der Waals surface area contributed by atoms with E-state index in [-0.39, 0.29) is 6.04 Å². The minimum Gasteiger partial charge on any atom is -0.444 e. The van der Waals surface area contributed by atoms with E-state index in [1.54, 1.807) is 0 Å². The van der Waals surface area contributed by atoms with E-state index in [2.05, 4.69) is 25.8 Å². The van der Waals surface area contributed by atoms with E-state index in [0.29, 0.717) is 5.22 Å². The van der Waals surface area contributed by atoms with Crippen molar-refractivity contribution in [2.45, 2.75) is 12.6 Å². The fourth-order valence-corrected chi connectivity index (χ4v) is 3.55. The van der Waals surface area contributed by atoms with Gasteiger partial charge in [0.25, 0.3) is 0 Å². The van der Waals surface area contributed by atoms with Crippen molar-refractivity contribution in [2.75, 3.05) is 19.6 Å². The maximum atomic E-state index is 6.36. The highest BCUT2D eigenvalue weighted by atomic mass is 35.5. The zero-order valence-corrected chi connectivity index (χ0v) is 13.8. The van der Waals surface area contributed by atoms with Crippen molar-refractivity contribution in [3.63, 3.8) is 0 Å². The standard InChI is InChI=1S/C17H19ClN4O/c1-21-8-7-20-17(21)14-10-19-6-9-22(14)11-13-12-4-2-3-5-15(12)23-16(13)18/h2-5,7-8,14,19H,6,9-11H2,1H3. The largest absolute Gasteiger partial charge is 0.444 e. The molecule has 6 heteroatoms. The summed E-state index contributed by atoms with van der Waals surface area (Å²) < 4.78 is 7.78. The number of rotatable bonds is 3. The second-order valence-corrected chi connectivity index (χ2v) is 6.28. The van der Waals surface area contributed by atoms with E-state index in [9.17, 15) is 0 Å². The lowest BCUT2D eigenvalue weighted by atomic mass is 10.1. The molecule has 0 aliphatic carbocycles. The molecule has 5 nitrogen and oxygen atoms in total. The SMILES string of the molecule is Cn1ccnc1C1CNCCN1Cc1c(Cl)oc2ccccc12. The van der Waals surface area contributed by atoms with Crippen LogP contribution in [-0.4, -0.2) is 34.1 Å². The number of para-hydroxylation sites is 1. The molecule has 3 aromatic rings. The molecule has 2 aromatic heterocycles. The minimum atomic E-state index is 0.230. The van der Waals surface area contributed by atoms with Crippen molar-refractivity contribution < 1.29 is 4.42 Å². The van der Waals surface area contributed by atoms with Gasteiger partial charge in [0.2, 0.25) is 0 Å². The third-order valence-electron chi connectivity index (χ3n) is 4.52. The average Bonchev–Trinajstić information content (AvgIpc) is 3.12. The maximum absolute atomic E-state index is 6.36. The van der Waals surface area contributed by atoms with Gasteiger partial charge in [-0.25, -0.2) is 4.98 Å². The molecule has 23 heavy (non-hydrogen) atoms. The number of piperazine rings is 1. The predicted molar refractivity (Wildman–Crippen MR) is 90.5 cm³/mol. The molecule has 0 amide bonds. The van der Waals surface area contributed by atoms with E-state index < -0.39 is 0 Å². The molecular weight excluding hydrogens is 312 g/mol. The van der Waals surface area contributed by atoms with Crippen LogP contribution in [0.3, 0.4) is 0 Å². The molecule has 1 unspecified atom stereocenters.